The Kier molecular flexibility index (Phi) is 4.45. The molecule has 0 fully saturated rings. The van der Waals surface area contributed by atoms with Crippen LogP contribution in [0.3, 0.4) is 0 Å². The van der Waals surface area contributed by atoms with Crippen LogP contribution in [0.15, 0.2) is 11.4 Å². The van der Waals surface area contributed by atoms with E-state index in [1.165, 1.54) is 7.11 Å². The second kappa shape index (κ2) is 4.85. The fourth-order valence-corrected chi connectivity index (χ4v) is 0.646. The van der Waals surface area contributed by atoms with Gasteiger partial charge in [-0.1, -0.05) is 6.92 Å². The first-order valence-corrected chi connectivity index (χ1v) is 3.23. The molecule has 0 rings (SSSR count). The van der Waals surface area contributed by atoms with Gasteiger partial charge in [-0.3, -0.25) is 0 Å². The van der Waals surface area contributed by atoms with Crippen LogP contribution in [0.2, 0.25) is 0 Å². The molecule has 0 spiro atoms. The molecular formula is C7H11FO3. The van der Waals surface area contributed by atoms with E-state index < -0.39 is 11.8 Å². The summed E-state index contributed by atoms with van der Waals surface area (Å²) in [7, 11) is 1.39. The minimum Gasteiger partial charge on any atom is -0.476 e. The highest BCUT2D eigenvalue weighted by Crippen LogP contribution is 2.10. The number of ether oxygens (including phenoxy) is 1. The average molecular weight is 162 g/mol. The molecule has 0 saturated heterocycles. The Morgan fingerprint density at radius 2 is 2.18 bits per heavy atom. The highest BCUT2D eigenvalue weighted by atomic mass is 19.1. The van der Waals surface area contributed by atoms with Crippen LogP contribution in [0.1, 0.15) is 13.3 Å². The van der Waals surface area contributed by atoms with Crippen molar-refractivity contribution in [2.75, 3.05) is 13.7 Å². The predicted molar refractivity (Wildman–Crippen MR) is 37.9 cm³/mol. The Hall–Kier alpha value is -0.900. The number of aliphatic carboxylic acids is 1. The molecule has 0 heterocycles. The molecule has 0 bridgehead atoms. The highest BCUT2D eigenvalue weighted by molar-refractivity contribution is 5.84. The Labute approximate surface area is 64.5 Å². The van der Waals surface area contributed by atoms with Crippen molar-refractivity contribution in [1.82, 2.24) is 0 Å². The van der Waals surface area contributed by atoms with E-state index in [9.17, 15) is 9.18 Å². The third-order valence-electron chi connectivity index (χ3n) is 1.24. The number of methoxy groups -OCH3 is 1. The van der Waals surface area contributed by atoms with Crippen molar-refractivity contribution >= 4 is 5.97 Å². The number of carboxylic acids is 1. The second-order valence-electron chi connectivity index (χ2n) is 2.01. The number of carboxylic acid groups (broad SMARTS) is 1. The maximum atomic E-state index is 12.6. The van der Waals surface area contributed by atoms with E-state index in [0.717, 1.165) is 0 Å². The van der Waals surface area contributed by atoms with E-state index in [-0.39, 0.29) is 12.2 Å². The zero-order valence-electron chi connectivity index (χ0n) is 6.56. The molecule has 0 aromatic heterocycles. The van der Waals surface area contributed by atoms with E-state index in [2.05, 4.69) is 4.74 Å². The minimum atomic E-state index is -1.53. The Balaban J connectivity index is 4.39. The van der Waals surface area contributed by atoms with Crippen LogP contribution in [0.4, 0.5) is 4.39 Å². The van der Waals surface area contributed by atoms with Gasteiger partial charge in [0.25, 0.3) is 0 Å². The van der Waals surface area contributed by atoms with Gasteiger partial charge in [-0.15, -0.1) is 0 Å². The minimum absolute atomic E-state index is 0.0363. The van der Waals surface area contributed by atoms with Crippen LogP contribution < -0.4 is 0 Å². The molecule has 0 aromatic carbocycles. The smallest absolute Gasteiger partial charge is 0.364 e. The van der Waals surface area contributed by atoms with Crippen molar-refractivity contribution in [2.24, 2.45) is 0 Å². The largest absolute Gasteiger partial charge is 0.476 e. The summed E-state index contributed by atoms with van der Waals surface area (Å²) in [4.78, 5) is 10.1. The van der Waals surface area contributed by atoms with Crippen LogP contribution in [-0.2, 0) is 9.53 Å². The van der Waals surface area contributed by atoms with E-state index >= 15 is 0 Å². The molecule has 0 saturated carbocycles. The standard InChI is InChI=1S/C7H11FO3/c1-3-5(4-11-2)6(8)7(9)10/h3-4H2,1-2H3,(H,9,10). The summed E-state index contributed by atoms with van der Waals surface area (Å²) in [6.07, 6.45) is 0.353. The van der Waals surface area contributed by atoms with Gasteiger partial charge in [-0.05, 0) is 12.0 Å². The zero-order valence-corrected chi connectivity index (χ0v) is 6.56. The quantitative estimate of drug-likeness (QED) is 0.634. The predicted octanol–water partition coefficient (Wildman–Crippen LogP) is 1.35. The van der Waals surface area contributed by atoms with Gasteiger partial charge in [0.05, 0.1) is 6.61 Å². The molecule has 64 valence electrons. The summed E-state index contributed by atoms with van der Waals surface area (Å²) in [5, 5.41) is 8.22. The van der Waals surface area contributed by atoms with Crippen LogP contribution >= 0.6 is 0 Å². The van der Waals surface area contributed by atoms with E-state index in [1.807, 2.05) is 0 Å². The monoisotopic (exact) mass is 162 g/mol. The van der Waals surface area contributed by atoms with Crippen LogP contribution in [0.5, 0.6) is 0 Å². The fraction of sp³-hybridized carbons (Fsp3) is 0.571. The van der Waals surface area contributed by atoms with Crippen molar-refractivity contribution in [3.8, 4) is 0 Å². The summed E-state index contributed by atoms with van der Waals surface area (Å²) in [5.41, 5.74) is 0.181. The van der Waals surface area contributed by atoms with Gasteiger partial charge in [0.15, 0.2) is 0 Å². The van der Waals surface area contributed by atoms with Gasteiger partial charge in [-0.25, -0.2) is 4.79 Å². The van der Waals surface area contributed by atoms with Crippen molar-refractivity contribution in [1.29, 1.82) is 0 Å². The first-order chi connectivity index (χ1) is 5.13. The maximum absolute atomic E-state index is 12.6. The summed E-state index contributed by atoms with van der Waals surface area (Å²) >= 11 is 0. The van der Waals surface area contributed by atoms with E-state index in [4.69, 9.17) is 5.11 Å². The molecule has 0 atom stereocenters. The topological polar surface area (TPSA) is 46.5 Å². The van der Waals surface area contributed by atoms with Gasteiger partial charge in [0, 0.05) is 7.11 Å². The molecule has 0 aliphatic rings. The summed E-state index contributed by atoms with van der Waals surface area (Å²) in [6, 6.07) is 0. The Bertz CT molecular complexity index is 175. The van der Waals surface area contributed by atoms with Gasteiger partial charge >= 0.3 is 5.97 Å². The molecule has 1 N–H and O–H groups in total. The van der Waals surface area contributed by atoms with Crippen molar-refractivity contribution in [3.05, 3.63) is 11.4 Å². The molecule has 4 heteroatoms. The number of halogens is 1. The van der Waals surface area contributed by atoms with Gasteiger partial charge in [0.2, 0.25) is 5.83 Å². The number of hydrogen-bond acceptors (Lipinski definition) is 2. The third-order valence-corrected chi connectivity index (χ3v) is 1.24. The lowest BCUT2D eigenvalue weighted by Gasteiger charge is -2.01. The maximum Gasteiger partial charge on any atom is 0.364 e. The summed E-state index contributed by atoms with van der Waals surface area (Å²) in [5.74, 6) is -2.63. The highest BCUT2D eigenvalue weighted by Gasteiger charge is 2.11. The number of rotatable bonds is 4. The summed E-state index contributed by atoms with van der Waals surface area (Å²) < 4.78 is 17.2. The second-order valence-corrected chi connectivity index (χ2v) is 2.01. The number of hydrogen-bond donors (Lipinski definition) is 1. The first-order valence-electron chi connectivity index (χ1n) is 3.23. The molecule has 0 radical (unpaired) electrons. The molecule has 11 heavy (non-hydrogen) atoms. The molecule has 3 nitrogen and oxygen atoms in total. The number of carbonyl (C=O) groups is 1. The van der Waals surface area contributed by atoms with E-state index in [1.54, 1.807) is 6.92 Å². The third kappa shape index (κ3) is 3.13. The molecule has 0 amide bonds. The van der Waals surface area contributed by atoms with Crippen molar-refractivity contribution in [3.63, 3.8) is 0 Å². The molecule has 0 aliphatic heterocycles. The van der Waals surface area contributed by atoms with Crippen molar-refractivity contribution in [2.45, 2.75) is 13.3 Å². The Morgan fingerprint density at radius 1 is 1.64 bits per heavy atom. The lowest BCUT2D eigenvalue weighted by Crippen LogP contribution is -2.03. The lowest BCUT2D eigenvalue weighted by atomic mass is 10.2. The molecule has 0 aliphatic carbocycles. The first kappa shape index (κ1) is 10.1. The van der Waals surface area contributed by atoms with Crippen LogP contribution in [0.25, 0.3) is 0 Å². The SMILES string of the molecule is CCC(COC)=C(F)C(=O)O. The molecule has 0 aromatic rings. The van der Waals surface area contributed by atoms with Crippen molar-refractivity contribution < 1.29 is 19.0 Å². The molecule has 0 unspecified atom stereocenters. The van der Waals surface area contributed by atoms with Crippen LogP contribution in [0, 0.1) is 0 Å². The lowest BCUT2D eigenvalue weighted by molar-refractivity contribution is -0.134. The van der Waals surface area contributed by atoms with Crippen LogP contribution in [-0.4, -0.2) is 24.8 Å². The Morgan fingerprint density at radius 3 is 2.45 bits per heavy atom. The zero-order chi connectivity index (χ0) is 8.85. The van der Waals surface area contributed by atoms with E-state index in [0.29, 0.717) is 6.42 Å². The molecular weight excluding hydrogens is 151 g/mol. The van der Waals surface area contributed by atoms with Gasteiger partial charge < -0.3 is 9.84 Å². The fourth-order valence-electron chi connectivity index (χ4n) is 0.646. The summed E-state index contributed by atoms with van der Waals surface area (Å²) in [6.45, 7) is 1.71. The van der Waals surface area contributed by atoms with Gasteiger partial charge in [-0.2, -0.15) is 4.39 Å². The normalized spacial score (nSPS) is 12.6. The van der Waals surface area contributed by atoms with Gasteiger partial charge in [0.1, 0.15) is 0 Å². The average Bonchev–Trinajstić information content (AvgIpc) is 1.98.